The van der Waals surface area contributed by atoms with Gasteiger partial charge in [0.2, 0.25) is 5.91 Å². The minimum atomic E-state index is -0.0347. The number of rotatable bonds is 5. The number of anilines is 1. The van der Waals surface area contributed by atoms with Crippen LogP contribution in [0.1, 0.15) is 19.1 Å². The molecule has 1 heterocycles. The molecule has 1 aromatic heterocycles. The molecule has 0 unspecified atom stereocenters. The second-order valence-electron chi connectivity index (χ2n) is 3.03. The van der Waals surface area contributed by atoms with E-state index >= 15 is 0 Å². The number of aryl methyl sites for hydroxylation is 1. The summed E-state index contributed by atoms with van der Waals surface area (Å²) in [7, 11) is 0. The second-order valence-corrected chi connectivity index (χ2v) is 3.03. The third-order valence-electron chi connectivity index (χ3n) is 1.63. The number of hydrogen-bond donors (Lipinski definition) is 2. The molecule has 0 fully saturated rings. The maximum Gasteiger partial charge on any atom is 0.239 e. The molecule has 0 atom stereocenters. The van der Waals surface area contributed by atoms with Crippen LogP contribution in [0.2, 0.25) is 0 Å². The van der Waals surface area contributed by atoms with Gasteiger partial charge in [-0.25, -0.2) is 0 Å². The summed E-state index contributed by atoms with van der Waals surface area (Å²) in [6, 6.07) is 1.74. The molecule has 0 aliphatic carbocycles. The van der Waals surface area contributed by atoms with Crippen molar-refractivity contribution in [2.45, 2.75) is 20.3 Å². The molecule has 0 saturated heterocycles. The first kappa shape index (κ1) is 10.6. The van der Waals surface area contributed by atoms with E-state index in [0.29, 0.717) is 12.4 Å². The van der Waals surface area contributed by atoms with E-state index < -0.39 is 0 Å². The molecule has 78 valence electrons. The maximum atomic E-state index is 11.2. The maximum absolute atomic E-state index is 11.2. The van der Waals surface area contributed by atoms with E-state index in [4.69, 9.17) is 4.52 Å². The van der Waals surface area contributed by atoms with Crippen molar-refractivity contribution >= 4 is 11.7 Å². The first-order valence-electron chi connectivity index (χ1n) is 4.66. The molecule has 5 nitrogen and oxygen atoms in total. The Morgan fingerprint density at radius 1 is 1.64 bits per heavy atom. The summed E-state index contributed by atoms with van der Waals surface area (Å²) in [6.45, 7) is 4.74. The molecule has 1 aromatic rings. The minimum Gasteiger partial charge on any atom is -0.360 e. The van der Waals surface area contributed by atoms with Crippen molar-refractivity contribution in [1.82, 2.24) is 10.5 Å². The summed E-state index contributed by atoms with van der Waals surface area (Å²) in [4.78, 5) is 11.2. The van der Waals surface area contributed by atoms with Gasteiger partial charge in [-0.3, -0.25) is 4.79 Å². The fourth-order valence-corrected chi connectivity index (χ4v) is 0.947. The highest BCUT2D eigenvalue weighted by atomic mass is 16.5. The van der Waals surface area contributed by atoms with Gasteiger partial charge in [0.05, 0.1) is 6.54 Å². The summed E-state index contributed by atoms with van der Waals surface area (Å²) in [5, 5.41) is 9.31. The number of hydrogen-bond acceptors (Lipinski definition) is 4. The van der Waals surface area contributed by atoms with Crippen molar-refractivity contribution in [3.8, 4) is 0 Å². The molecule has 5 heteroatoms. The lowest BCUT2D eigenvalue weighted by molar-refractivity contribution is -0.119. The van der Waals surface area contributed by atoms with E-state index in [-0.39, 0.29) is 12.5 Å². The van der Waals surface area contributed by atoms with Crippen LogP contribution in [-0.4, -0.2) is 24.2 Å². The topological polar surface area (TPSA) is 67.2 Å². The number of amides is 1. The summed E-state index contributed by atoms with van der Waals surface area (Å²) < 4.78 is 4.83. The van der Waals surface area contributed by atoms with E-state index in [0.717, 1.165) is 12.2 Å². The van der Waals surface area contributed by atoms with Gasteiger partial charge in [0.15, 0.2) is 5.82 Å². The molecule has 0 aromatic carbocycles. The van der Waals surface area contributed by atoms with Gasteiger partial charge in [0.25, 0.3) is 0 Å². The normalized spacial score (nSPS) is 9.86. The lowest BCUT2D eigenvalue weighted by Gasteiger charge is -2.03. The van der Waals surface area contributed by atoms with Crippen LogP contribution in [0.4, 0.5) is 5.82 Å². The third-order valence-corrected chi connectivity index (χ3v) is 1.63. The number of nitrogens with one attached hydrogen (secondary N) is 2. The van der Waals surface area contributed by atoms with Crippen LogP contribution in [-0.2, 0) is 4.79 Å². The zero-order valence-corrected chi connectivity index (χ0v) is 8.46. The van der Waals surface area contributed by atoms with Crippen LogP contribution >= 0.6 is 0 Å². The Labute approximate surface area is 82.8 Å². The van der Waals surface area contributed by atoms with Gasteiger partial charge in [0, 0.05) is 12.6 Å². The zero-order valence-electron chi connectivity index (χ0n) is 8.46. The first-order valence-corrected chi connectivity index (χ1v) is 4.66. The molecule has 0 bridgehead atoms. The van der Waals surface area contributed by atoms with Crippen molar-refractivity contribution in [2.24, 2.45) is 0 Å². The van der Waals surface area contributed by atoms with E-state index in [1.54, 1.807) is 13.0 Å². The van der Waals surface area contributed by atoms with Gasteiger partial charge >= 0.3 is 0 Å². The molecule has 1 amide bonds. The van der Waals surface area contributed by atoms with Crippen molar-refractivity contribution in [2.75, 3.05) is 18.4 Å². The number of nitrogens with zero attached hydrogens (tertiary/aromatic N) is 1. The number of carbonyl (C=O) groups is 1. The molecule has 0 radical (unpaired) electrons. The largest absolute Gasteiger partial charge is 0.360 e. The van der Waals surface area contributed by atoms with E-state index in [1.165, 1.54) is 0 Å². The molecule has 1 rings (SSSR count). The lowest BCUT2D eigenvalue weighted by Crippen LogP contribution is -2.30. The van der Waals surface area contributed by atoms with Crippen molar-refractivity contribution in [3.05, 3.63) is 11.8 Å². The fourth-order valence-electron chi connectivity index (χ4n) is 0.947. The summed E-state index contributed by atoms with van der Waals surface area (Å²) in [5.41, 5.74) is 0. The minimum absolute atomic E-state index is 0.0347. The predicted molar refractivity (Wildman–Crippen MR) is 53.0 cm³/mol. The Morgan fingerprint density at radius 3 is 3.00 bits per heavy atom. The van der Waals surface area contributed by atoms with Gasteiger partial charge in [-0.2, -0.15) is 0 Å². The Balaban J connectivity index is 2.23. The van der Waals surface area contributed by atoms with Crippen molar-refractivity contribution in [1.29, 1.82) is 0 Å². The highest BCUT2D eigenvalue weighted by molar-refractivity contribution is 5.80. The molecule has 0 aliphatic rings. The Bertz CT molecular complexity index is 296. The van der Waals surface area contributed by atoms with Crippen LogP contribution in [0.15, 0.2) is 10.6 Å². The average Bonchev–Trinajstić information content (AvgIpc) is 2.58. The Morgan fingerprint density at radius 2 is 2.43 bits per heavy atom. The molecule has 0 aliphatic heterocycles. The Kier molecular flexibility index (Phi) is 3.97. The fraction of sp³-hybridized carbons (Fsp3) is 0.556. The quantitative estimate of drug-likeness (QED) is 0.736. The summed E-state index contributed by atoms with van der Waals surface area (Å²) in [5.74, 6) is 1.28. The summed E-state index contributed by atoms with van der Waals surface area (Å²) >= 11 is 0. The molecular weight excluding hydrogens is 182 g/mol. The number of aromatic nitrogens is 1. The van der Waals surface area contributed by atoms with E-state index in [2.05, 4.69) is 15.8 Å². The molecule has 14 heavy (non-hydrogen) atoms. The van der Waals surface area contributed by atoms with Gasteiger partial charge in [-0.1, -0.05) is 12.1 Å². The molecular formula is C9H15N3O2. The van der Waals surface area contributed by atoms with Crippen LogP contribution < -0.4 is 10.6 Å². The van der Waals surface area contributed by atoms with Gasteiger partial charge < -0.3 is 15.2 Å². The molecule has 0 saturated carbocycles. The van der Waals surface area contributed by atoms with Crippen LogP contribution in [0.3, 0.4) is 0 Å². The standard InChI is InChI=1S/C9H15N3O2/c1-3-4-10-9(13)6-11-8-5-7(2)14-12-8/h5H,3-4,6H2,1-2H3,(H,10,13)(H,11,12). The van der Waals surface area contributed by atoms with Gasteiger partial charge in [-0.05, 0) is 13.3 Å². The van der Waals surface area contributed by atoms with Gasteiger partial charge in [0.1, 0.15) is 5.76 Å². The van der Waals surface area contributed by atoms with Crippen LogP contribution in [0, 0.1) is 6.92 Å². The Hall–Kier alpha value is -1.52. The SMILES string of the molecule is CCCNC(=O)CNc1cc(C)on1. The lowest BCUT2D eigenvalue weighted by atomic mass is 10.4. The van der Waals surface area contributed by atoms with Gasteiger partial charge in [-0.15, -0.1) is 0 Å². The van der Waals surface area contributed by atoms with E-state index in [1.807, 2.05) is 6.92 Å². The molecule has 0 spiro atoms. The predicted octanol–water partition coefficient (Wildman–Crippen LogP) is 0.921. The first-order chi connectivity index (χ1) is 6.72. The van der Waals surface area contributed by atoms with Crippen LogP contribution in [0.25, 0.3) is 0 Å². The average molecular weight is 197 g/mol. The zero-order chi connectivity index (χ0) is 10.4. The highest BCUT2D eigenvalue weighted by Crippen LogP contribution is 2.05. The summed E-state index contributed by atoms with van der Waals surface area (Å²) in [6.07, 6.45) is 0.939. The highest BCUT2D eigenvalue weighted by Gasteiger charge is 2.02. The van der Waals surface area contributed by atoms with E-state index in [9.17, 15) is 4.79 Å². The van der Waals surface area contributed by atoms with Crippen molar-refractivity contribution in [3.63, 3.8) is 0 Å². The van der Waals surface area contributed by atoms with Crippen molar-refractivity contribution < 1.29 is 9.32 Å². The monoisotopic (exact) mass is 197 g/mol. The molecule has 2 N–H and O–H groups in total. The van der Waals surface area contributed by atoms with Crippen LogP contribution in [0.5, 0.6) is 0 Å². The smallest absolute Gasteiger partial charge is 0.239 e. The second kappa shape index (κ2) is 5.26. The number of carbonyl (C=O) groups excluding carboxylic acids is 1. The third kappa shape index (κ3) is 3.47.